The molecule has 1 aromatic carbocycles. The van der Waals surface area contributed by atoms with Gasteiger partial charge >= 0.3 is 5.97 Å². The lowest BCUT2D eigenvalue weighted by molar-refractivity contribution is -0.136. The van der Waals surface area contributed by atoms with E-state index in [-0.39, 0.29) is 19.1 Å². The molecule has 1 aromatic heterocycles. The van der Waals surface area contributed by atoms with Crippen LogP contribution in [0.4, 0.5) is 0 Å². The van der Waals surface area contributed by atoms with Crippen molar-refractivity contribution in [3.05, 3.63) is 57.8 Å². The van der Waals surface area contributed by atoms with E-state index < -0.39 is 5.97 Å². The molecule has 112 valence electrons. The third-order valence-corrected chi connectivity index (χ3v) is 4.24. The highest BCUT2D eigenvalue weighted by Gasteiger charge is 2.09. The highest BCUT2D eigenvalue weighted by Crippen LogP contribution is 2.17. The number of carboxylic acid groups (broad SMARTS) is 1. The van der Waals surface area contributed by atoms with Crippen LogP contribution in [0.15, 0.2) is 42.5 Å². The second-order valence-electron chi connectivity index (χ2n) is 4.89. The van der Waals surface area contributed by atoms with Gasteiger partial charge in [0.1, 0.15) is 0 Å². The van der Waals surface area contributed by atoms with Crippen molar-refractivity contribution in [2.24, 2.45) is 0 Å². The molecular weight excluding hydrogens is 286 g/mol. The van der Waals surface area contributed by atoms with Gasteiger partial charge in [0.2, 0.25) is 0 Å². The van der Waals surface area contributed by atoms with Crippen LogP contribution in [0.2, 0.25) is 0 Å². The van der Waals surface area contributed by atoms with Gasteiger partial charge in [0.15, 0.2) is 0 Å². The van der Waals surface area contributed by atoms with Crippen LogP contribution in [0.5, 0.6) is 0 Å². The molecule has 4 nitrogen and oxygen atoms in total. The van der Waals surface area contributed by atoms with Crippen molar-refractivity contribution in [3.8, 4) is 0 Å². The topological polar surface area (TPSA) is 69.6 Å². The van der Waals surface area contributed by atoms with Gasteiger partial charge in [-0.15, -0.1) is 11.3 Å². The van der Waals surface area contributed by atoms with Crippen molar-refractivity contribution in [2.45, 2.75) is 25.4 Å². The summed E-state index contributed by atoms with van der Waals surface area (Å²) >= 11 is 1.50. The minimum Gasteiger partial charge on any atom is -0.481 e. The molecule has 0 bridgehead atoms. The Balaban J connectivity index is 1.85. The Bertz CT molecular complexity index is 568. The highest BCUT2D eigenvalue weighted by molar-refractivity contribution is 7.12. The van der Waals surface area contributed by atoms with Crippen LogP contribution in [0, 0.1) is 0 Å². The maximum atomic E-state index is 10.7. The van der Waals surface area contributed by atoms with Crippen LogP contribution in [-0.4, -0.2) is 28.8 Å². The number of aliphatic hydroxyl groups is 1. The van der Waals surface area contributed by atoms with Gasteiger partial charge in [-0.1, -0.05) is 30.3 Å². The number of aliphatic carboxylic acids is 1. The van der Waals surface area contributed by atoms with E-state index in [1.165, 1.54) is 16.9 Å². The molecule has 2 aromatic rings. The molecule has 5 heteroatoms. The molecule has 1 atom stereocenters. The highest BCUT2D eigenvalue weighted by atomic mass is 32.1. The number of carboxylic acids is 1. The first-order valence-corrected chi connectivity index (χ1v) is 7.66. The molecule has 0 saturated carbocycles. The fourth-order valence-corrected chi connectivity index (χ4v) is 3.07. The summed E-state index contributed by atoms with van der Waals surface area (Å²) in [6.07, 6.45) is 0.836. The van der Waals surface area contributed by atoms with E-state index in [2.05, 4.69) is 5.32 Å². The zero-order valence-electron chi connectivity index (χ0n) is 11.7. The lowest BCUT2D eigenvalue weighted by Gasteiger charge is -2.15. The summed E-state index contributed by atoms with van der Waals surface area (Å²) in [4.78, 5) is 12.6. The van der Waals surface area contributed by atoms with E-state index in [1.807, 2.05) is 42.5 Å². The second kappa shape index (κ2) is 7.93. The standard InChI is InChI=1S/C16H19NO3S/c18-11-13(8-12-4-2-1-3-5-12)17-10-15-7-6-14(21-15)9-16(19)20/h1-7,13,17-18H,8-11H2,(H,19,20)/t13-/m0/s1. The van der Waals surface area contributed by atoms with Crippen molar-refractivity contribution in [3.63, 3.8) is 0 Å². The zero-order chi connectivity index (χ0) is 15.1. The number of rotatable bonds is 8. The molecule has 21 heavy (non-hydrogen) atoms. The van der Waals surface area contributed by atoms with Crippen molar-refractivity contribution < 1.29 is 15.0 Å². The van der Waals surface area contributed by atoms with Gasteiger partial charge in [-0.05, 0) is 24.1 Å². The number of carbonyl (C=O) groups is 1. The lowest BCUT2D eigenvalue weighted by Crippen LogP contribution is -2.33. The first-order valence-electron chi connectivity index (χ1n) is 6.85. The number of thiophene rings is 1. The van der Waals surface area contributed by atoms with E-state index in [0.717, 1.165) is 16.2 Å². The Kier molecular flexibility index (Phi) is 5.92. The van der Waals surface area contributed by atoms with Crippen molar-refractivity contribution in [2.75, 3.05) is 6.61 Å². The predicted octanol–water partition coefficient (Wildman–Crippen LogP) is 2.07. The maximum absolute atomic E-state index is 10.7. The van der Waals surface area contributed by atoms with Gasteiger partial charge in [0, 0.05) is 22.3 Å². The monoisotopic (exact) mass is 305 g/mol. The lowest BCUT2D eigenvalue weighted by atomic mass is 10.1. The van der Waals surface area contributed by atoms with Gasteiger partial charge in [-0.25, -0.2) is 0 Å². The average Bonchev–Trinajstić information content (AvgIpc) is 2.91. The van der Waals surface area contributed by atoms with Gasteiger partial charge < -0.3 is 15.5 Å². The SMILES string of the molecule is O=C(O)Cc1ccc(CN[C@H](CO)Cc2ccccc2)s1. The molecule has 0 saturated heterocycles. The van der Waals surface area contributed by atoms with Gasteiger partial charge in [0.05, 0.1) is 13.0 Å². The summed E-state index contributed by atoms with van der Waals surface area (Å²) in [5.74, 6) is -0.811. The molecule has 2 rings (SSSR count). The van der Waals surface area contributed by atoms with E-state index in [9.17, 15) is 9.90 Å². The molecule has 0 amide bonds. The van der Waals surface area contributed by atoms with Crippen LogP contribution in [-0.2, 0) is 24.2 Å². The van der Waals surface area contributed by atoms with Gasteiger partial charge in [-0.2, -0.15) is 0 Å². The molecular formula is C16H19NO3S. The molecule has 0 unspecified atom stereocenters. The minimum atomic E-state index is -0.811. The average molecular weight is 305 g/mol. The molecule has 0 aliphatic carbocycles. The van der Waals surface area contributed by atoms with Gasteiger partial charge in [-0.3, -0.25) is 4.79 Å². The van der Waals surface area contributed by atoms with Crippen molar-refractivity contribution in [1.29, 1.82) is 0 Å². The summed E-state index contributed by atoms with van der Waals surface area (Å²) in [6, 6.07) is 13.8. The van der Waals surface area contributed by atoms with Gasteiger partial charge in [0.25, 0.3) is 0 Å². The third-order valence-electron chi connectivity index (χ3n) is 3.15. The van der Waals surface area contributed by atoms with Crippen LogP contribution in [0.3, 0.4) is 0 Å². The molecule has 3 N–H and O–H groups in total. The number of hydrogen-bond acceptors (Lipinski definition) is 4. The van der Waals surface area contributed by atoms with Crippen LogP contribution >= 0.6 is 11.3 Å². The maximum Gasteiger partial charge on any atom is 0.308 e. The van der Waals surface area contributed by atoms with E-state index in [4.69, 9.17) is 5.11 Å². The van der Waals surface area contributed by atoms with E-state index in [0.29, 0.717) is 6.54 Å². The largest absolute Gasteiger partial charge is 0.481 e. The second-order valence-corrected chi connectivity index (χ2v) is 6.14. The van der Waals surface area contributed by atoms with Crippen molar-refractivity contribution >= 4 is 17.3 Å². The summed E-state index contributed by atoms with van der Waals surface area (Å²) in [7, 11) is 0. The Morgan fingerprint density at radius 1 is 1.14 bits per heavy atom. The minimum absolute atomic E-state index is 0.00239. The zero-order valence-corrected chi connectivity index (χ0v) is 12.5. The Morgan fingerprint density at radius 3 is 2.52 bits per heavy atom. The third kappa shape index (κ3) is 5.30. The normalized spacial score (nSPS) is 12.2. The molecule has 1 heterocycles. The molecule has 0 aliphatic heterocycles. The van der Waals surface area contributed by atoms with E-state index in [1.54, 1.807) is 0 Å². The summed E-state index contributed by atoms with van der Waals surface area (Å²) in [6.45, 7) is 0.713. The fraction of sp³-hybridized carbons (Fsp3) is 0.312. The fourth-order valence-electron chi connectivity index (χ4n) is 2.11. The quantitative estimate of drug-likeness (QED) is 0.698. The molecule has 0 radical (unpaired) electrons. The predicted molar refractivity (Wildman–Crippen MR) is 83.5 cm³/mol. The number of nitrogens with one attached hydrogen (secondary N) is 1. The first kappa shape index (κ1) is 15.7. The molecule has 0 spiro atoms. The smallest absolute Gasteiger partial charge is 0.308 e. The summed E-state index contributed by atoms with van der Waals surface area (Å²) in [5.41, 5.74) is 1.18. The van der Waals surface area contributed by atoms with Crippen LogP contribution in [0.1, 0.15) is 15.3 Å². The summed E-state index contributed by atoms with van der Waals surface area (Å²) < 4.78 is 0. The number of hydrogen-bond donors (Lipinski definition) is 3. The summed E-state index contributed by atoms with van der Waals surface area (Å²) in [5, 5.41) is 21.5. The number of benzene rings is 1. The first-order chi connectivity index (χ1) is 10.2. The van der Waals surface area contributed by atoms with E-state index >= 15 is 0 Å². The molecule has 0 fully saturated rings. The van der Waals surface area contributed by atoms with Crippen LogP contribution in [0.25, 0.3) is 0 Å². The molecule has 0 aliphatic rings. The Labute approximate surface area is 128 Å². The van der Waals surface area contributed by atoms with Crippen molar-refractivity contribution in [1.82, 2.24) is 5.32 Å². The van der Waals surface area contributed by atoms with Crippen LogP contribution < -0.4 is 5.32 Å². The Hall–Kier alpha value is -1.69. The Morgan fingerprint density at radius 2 is 1.86 bits per heavy atom. The number of aliphatic hydroxyl groups excluding tert-OH is 1.